The van der Waals surface area contributed by atoms with Crippen molar-refractivity contribution in [2.45, 2.75) is 38.5 Å². The van der Waals surface area contributed by atoms with Crippen LogP contribution in [0.1, 0.15) is 53.1 Å². The molecule has 0 unspecified atom stereocenters. The minimum atomic E-state index is 0.159. The molecule has 3 aromatic rings. The van der Waals surface area contributed by atoms with Gasteiger partial charge in [0.2, 0.25) is 0 Å². The molecule has 0 bridgehead atoms. The summed E-state index contributed by atoms with van der Waals surface area (Å²) >= 11 is 0. The van der Waals surface area contributed by atoms with Crippen molar-refractivity contribution >= 4 is 17.4 Å². The quantitative estimate of drug-likeness (QED) is 0.535. The number of hydrogen-bond donors (Lipinski definition) is 0. The average Bonchev–Trinajstić information content (AvgIpc) is 3.36. The van der Waals surface area contributed by atoms with Crippen molar-refractivity contribution in [3.63, 3.8) is 0 Å². The summed E-state index contributed by atoms with van der Waals surface area (Å²) in [6.45, 7) is 5.83. The molecule has 0 aliphatic carbocycles. The number of nitrogens with zero attached hydrogens (tertiary/aromatic N) is 4. The van der Waals surface area contributed by atoms with Crippen LogP contribution in [0.15, 0.2) is 66.9 Å². The Morgan fingerprint density at radius 1 is 0.969 bits per heavy atom. The largest absolute Gasteiger partial charge is 0.339 e. The molecular formula is C27H31N4O+. The lowest BCUT2D eigenvalue weighted by Gasteiger charge is -2.33. The number of benzene rings is 2. The fourth-order valence-electron chi connectivity index (χ4n) is 5.42. The van der Waals surface area contributed by atoms with E-state index in [0.717, 1.165) is 60.4 Å². The van der Waals surface area contributed by atoms with Gasteiger partial charge in [-0.2, -0.15) is 5.10 Å². The monoisotopic (exact) mass is 427 g/mol. The molecule has 2 saturated heterocycles. The molecule has 0 atom stereocenters. The molecule has 0 N–H and O–H groups in total. The van der Waals surface area contributed by atoms with E-state index in [0.29, 0.717) is 5.92 Å². The van der Waals surface area contributed by atoms with Gasteiger partial charge in [0.1, 0.15) is 5.69 Å². The summed E-state index contributed by atoms with van der Waals surface area (Å²) in [5.74, 6) is 1.71. The van der Waals surface area contributed by atoms with Crippen molar-refractivity contribution in [3.05, 3.63) is 83.6 Å². The minimum absolute atomic E-state index is 0.159. The van der Waals surface area contributed by atoms with Crippen molar-refractivity contribution in [1.29, 1.82) is 0 Å². The fraction of sp³-hybridized carbons (Fsp3) is 0.370. The van der Waals surface area contributed by atoms with Gasteiger partial charge in [0.05, 0.1) is 19.3 Å². The Kier molecular flexibility index (Phi) is 5.75. The van der Waals surface area contributed by atoms with Crippen LogP contribution < -0.4 is 4.48 Å². The Balaban J connectivity index is 1.28. The summed E-state index contributed by atoms with van der Waals surface area (Å²) in [5.41, 5.74) is 4.62. The standard InChI is InChI=1S/C27H31N4O/c1-21-6-4-7-24(20-21)27(32)30-16-13-23(14-17-30)22-9-11-25(12-10-22)31(18-2-3-19-31)26-8-5-15-28-29-26/h4-12,15,20,23H,2-3,13-14,16-19H2,1H3/q+1. The Morgan fingerprint density at radius 2 is 1.72 bits per heavy atom. The van der Waals surface area contributed by atoms with E-state index in [1.807, 2.05) is 42.2 Å². The number of likely N-dealkylation sites (tertiary alicyclic amines) is 1. The van der Waals surface area contributed by atoms with Crippen LogP contribution in [0.3, 0.4) is 0 Å². The molecule has 0 radical (unpaired) electrons. The normalized spacial score (nSPS) is 18.6. The summed E-state index contributed by atoms with van der Waals surface area (Å²) in [4.78, 5) is 14.9. The van der Waals surface area contributed by atoms with Crippen LogP contribution in [0.4, 0.5) is 11.5 Å². The number of aromatic nitrogens is 2. The smallest absolute Gasteiger partial charge is 0.253 e. The third-order valence-corrected chi connectivity index (χ3v) is 7.23. The molecule has 5 rings (SSSR count). The number of carbonyl (C=O) groups excluding carboxylic acids is 1. The van der Waals surface area contributed by atoms with E-state index >= 15 is 0 Å². The van der Waals surface area contributed by atoms with Gasteiger partial charge in [-0.25, -0.2) is 4.48 Å². The van der Waals surface area contributed by atoms with Gasteiger partial charge in [0.25, 0.3) is 11.7 Å². The van der Waals surface area contributed by atoms with Crippen LogP contribution in [0.2, 0.25) is 0 Å². The van der Waals surface area contributed by atoms with E-state index in [1.54, 1.807) is 6.20 Å². The zero-order valence-electron chi connectivity index (χ0n) is 18.8. The highest BCUT2D eigenvalue weighted by Gasteiger charge is 2.38. The zero-order valence-corrected chi connectivity index (χ0v) is 18.8. The topological polar surface area (TPSA) is 46.1 Å². The van der Waals surface area contributed by atoms with Gasteiger partial charge >= 0.3 is 0 Å². The maximum Gasteiger partial charge on any atom is 0.253 e. The van der Waals surface area contributed by atoms with Crippen LogP contribution in [0.25, 0.3) is 0 Å². The highest BCUT2D eigenvalue weighted by molar-refractivity contribution is 5.94. The van der Waals surface area contributed by atoms with Gasteiger partial charge in [-0.3, -0.25) is 4.79 Å². The molecule has 32 heavy (non-hydrogen) atoms. The predicted molar refractivity (Wildman–Crippen MR) is 128 cm³/mol. The number of quaternary nitrogens is 1. The van der Waals surface area contributed by atoms with E-state index in [1.165, 1.54) is 24.1 Å². The first kappa shape index (κ1) is 20.8. The van der Waals surface area contributed by atoms with E-state index in [-0.39, 0.29) is 5.91 Å². The van der Waals surface area contributed by atoms with Gasteiger partial charge in [-0.1, -0.05) is 34.9 Å². The molecule has 5 nitrogen and oxygen atoms in total. The molecule has 0 spiro atoms. The first-order chi connectivity index (χ1) is 15.7. The molecule has 2 aliphatic rings. The van der Waals surface area contributed by atoms with E-state index < -0.39 is 0 Å². The molecule has 1 amide bonds. The lowest BCUT2D eigenvalue weighted by molar-refractivity contribution is 0.0713. The fourth-order valence-corrected chi connectivity index (χ4v) is 5.42. The van der Waals surface area contributed by atoms with E-state index in [4.69, 9.17) is 0 Å². The third kappa shape index (κ3) is 3.93. The number of amides is 1. The van der Waals surface area contributed by atoms with Gasteiger partial charge in [-0.05, 0) is 61.6 Å². The number of aryl methyl sites for hydroxylation is 1. The number of carbonyl (C=O) groups is 1. The molecule has 3 heterocycles. The molecule has 5 heteroatoms. The Hall–Kier alpha value is -3.05. The highest BCUT2D eigenvalue weighted by Crippen LogP contribution is 2.39. The van der Waals surface area contributed by atoms with Crippen LogP contribution in [0, 0.1) is 6.92 Å². The molecule has 164 valence electrons. The minimum Gasteiger partial charge on any atom is -0.339 e. The first-order valence-electron chi connectivity index (χ1n) is 11.8. The number of piperidine rings is 1. The third-order valence-electron chi connectivity index (χ3n) is 7.23. The van der Waals surface area contributed by atoms with Gasteiger partial charge in [0, 0.05) is 37.6 Å². The van der Waals surface area contributed by atoms with Crippen molar-refractivity contribution in [2.24, 2.45) is 0 Å². The SMILES string of the molecule is Cc1cccc(C(=O)N2CCC(c3ccc([N+]4(c5cccnn5)CCCC4)cc3)CC2)c1. The summed E-state index contributed by atoms with van der Waals surface area (Å²) in [6.07, 6.45) is 6.20. The van der Waals surface area contributed by atoms with Crippen LogP contribution in [-0.2, 0) is 0 Å². The maximum atomic E-state index is 12.9. The summed E-state index contributed by atoms with van der Waals surface area (Å²) in [7, 11) is 0. The second-order valence-corrected chi connectivity index (χ2v) is 9.23. The van der Waals surface area contributed by atoms with Crippen LogP contribution in [-0.4, -0.2) is 47.2 Å². The summed E-state index contributed by atoms with van der Waals surface area (Å²) in [6, 6.07) is 21.2. The molecule has 2 aromatic carbocycles. The van der Waals surface area contributed by atoms with Crippen molar-refractivity contribution in [1.82, 2.24) is 19.6 Å². The number of rotatable bonds is 4. The maximum absolute atomic E-state index is 12.9. The lowest BCUT2D eigenvalue weighted by atomic mass is 9.89. The van der Waals surface area contributed by atoms with Gasteiger partial charge < -0.3 is 4.90 Å². The zero-order chi connectivity index (χ0) is 22.0. The summed E-state index contributed by atoms with van der Waals surface area (Å²) in [5, 5.41) is 8.60. The van der Waals surface area contributed by atoms with Crippen molar-refractivity contribution in [2.75, 3.05) is 26.2 Å². The highest BCUT2D eigenvalue weighted by atomic mass is 16.2. The van der Waals surface area contributed by atoms with Crippen molar-refractivity contribution in [3.8, 4) is 0 Å². The average molecular weight is 428 g/mol. The second-order valence-electron chi connectivity index (χ2n) is 9.23. The van der Waals surface area contributed by atoms with Gasteiger partial charge in [0.15, 0.2) is 0 Å². The Bertz CT molecular complexity index is 1070. The lowest BCUT2D eigenvalue weighted by Crippen LogP contribution is -2.41. The Labute approximate surface area is 190 Å². The number of hydrogen-bond acceptors (Lipinski definition) is 3. The predicted octanol–water partition coefficient (Wildman–Crippen LogP) is 5.24. The van der Waals surface area contributed by atoms with E-state index in [9.17, 15) is 4.79 Å². The van der Waals surface area contributed by atoms with E-state index in [2.05, 4.69) is 40.5 Å². The molecular weight excluding hydrogens is 396 g/mol. The Morgan fingerprint density at radius 3 is 2.38 bits per heavy atom. The molecule has 1 aromatic heterocycles. The van der Waals surface area contributed by atoms with Crippen LogP contribution >= 0.6 is 0 Å². The summed E-state index contributed by atoms with van der Waals surface area (Å²) < 4.78 is 0.803. The first-order valence-corrected chi connectivity index (χ1v) is 11.8. The van der Waals surface area contributed by atoms with Crippen molar-refractivity contribution < 1.29 is 4.79 Å². The second kappa shape index (κ2) is 8.83. The molecule has 0 saturated carbocycles. The molecule has 2 fully saturated rings. The van der Waals surface area contributed by atoms with Crippen LogP contribution in [0.5, 0.6) is 0 Å². The van der Waals surface area contributed by atoms with Gasteiger partial charge in [-0.15, -0.1) is 0 Å². The molecule has 2 aliphatic heterocycles.